The highest BCUT2D eigenvalue weighted by atomic mass is 16.2. The van der Waals surface area contributed by atoms with E-state index in [0.717, 1.165) is 5.56 Å². The minimum atomic E-state index is -0.411. The number of benzene rings is 1. The average molecular weight is 220 g/mol. The summed E-state index contributed by atoms with van der Waals surface area (Å²) < 4.78 is 0. The van der Waals surface area contributed by atoms with Crippen molar-refractivity contribution in [3.05, 3.63) is 35.4 Å². The molecule has 0 bridgehead atoms. The van der Waals surface area contributed by atoms with Crippen LogP contribution < -0.4 is 11.1 Å². The lowest BCUT2D eigenvalue weighted by Gasteiger charge is -2.18. The van der Waals surface area contributed by atoms with Gasteiger partial charge in [-0.15, -0.1) is 0 Å². The Labute approximate surface area is 97.0 Å². The molecular formula is C13H20N2O. The molecule has 0 aliphatic heterocycles. The van der Waals surface area contributed by atoms with Crippen LogP contribution in [0, 0.1) is 6.92 Å². The van der Waals surface area contributed by atoms with Crippen LogP contribution in [0.15, 0.2) is 24.3 Å². The van der Waals surface area contributed by atoms with Gasteiger partial charge in [0.1, 0.15) is 0 Å². The highest BCUT2D eigenvalue weighted by Gasteiger charge is 2.15. The minimum absolute atomic E-state index is 0.00583. The van der Waals surface area contributed by atoms with Gasteiger partial charge in [0.25, 0.3) is 0 Å². The highest BCUT2D eigenvalue weighted by Crippen LogP contribution is 2.16. The van der Waals surface area contributed by atoms with Gasteiger partial charge in [-0.1, -0.05) is 31.2 Å². The van der Waals surface area contributed by atoms with E-state index in [0.29, 0.717) is 6.42 Å². The van der Waals surface area contributed by atoms with Crippen LogP contribution in [-0.4, -0.2) is 11.9 Å². The van der Waals surface area contributed by atoms with Crippen molar-refractivity contribution in [3.63, 3.8) is 0 Å². The third kappa shape index (κ3) is 3.07. The molecule has 88 valence electrons. The number of aryl methyl sites for hydroxylation is 1. The van der Waals surface area contributed by atoms with E-state index in [4.69, 9.17) is 5.73 Å². The molecule has 0 aliphatic carbocycles. The third-order valence-corrected chi connectivity index (χ3v) is 2.79. The molecule has 1 amide bonds. The van der Waals surface area contributed by atoms with E-state index >= 15 is 0 Å². The van der Waals surface area contributed by atoms with Crippen molar-refractivity contribution in [1.82, 2.24) is 5.32 Å². The van der Waals surface area contributed by atoms with Crippen LogP contribution in [0.25, 0.3) is 0 Å². The summed E-state index contributed by atoms with van der Waals surface area (Å²) in [6.45, 7) is 5.92. The van der Waals surface area contributed by atoms with Crippen LogP contribution in [0.5, 0.6) is 0 Å². The molecule has 3 heteroatoms. The second-order valence-corrected chi connectivity index (χ2v) is 4.10. The number of hydrogen-bond donors (Lipinski definition) is 2. The molecule has 1 aromatic carbocycles. The summed E-state index contributed by atoms with van der Waals surface area (Å²) in [4.78, 5) is 11.6. The van der Waals surface area contributed by atoms with Crippen molar-refractivity contribution >= 4 is 5.91 Å². The smallest absolute Gasteiger partial charge is 0.237 e. The van der Waals surface area contributed by atoms with E-state index in [1.54, 1.807) is 0 Å². The maximum absolute atomic E-state index is 11.6. The molecule has 0 heterocycles. The fraction of sp³-hybridized carbons (Fsp3) is 0.462. The molecule has 0 radical (unpaired) electrons. The molecule has 16 heavy (non-hydrogen) atoms. The Balaban J connectivity index is 2.69. The van der Waals surface area contributed by atoms with E-state index in [1.165, 1.54) is 5.56 Å². The van der Waals surface area contributed by atoms with Gasteiger partial charge < -0.3 is 11.1 Å². The average Bonchev–Trinajstić information content (AvgIpc) is 2.28. The van der Waals surface area contributed by atoms with Gasteiger partial charge in [0.05, 0.1) is 12.1 Å². The fourth-order valence-electron chi connectivity index (χ4n) is 1.66. The number of rotatable bonds is 4. The Morgan fingerprint density at radius 2 is 2.06 bits per heavy atom. The Morgan fingerprint density at radius 3 is 2.62 bits per heavy atom. The van der Waals surface area contributed by atoms with Crippen LogP contribution in [0.3, 0.4) is 0 Å². The number of carbonyl (C=O) groups is 1. The summed E-state index contributed by atoms with van der Waals surface area (Å²) in [7, 11) is 0. The number of nitrogens with one attached hydrogen (secondary N) is 1. The molecule has 0 spiro atoms. The van der Waals surface area contributed by atoms with Gasteiger partial charge in [-0.3, -0.25) is 4.79 Å². The molecule has 0 unspecified atom stereocenters. The first kappa shape index (κ1) is 12.7. The largest absolute Gasteiger partial charge is 0.348 e. The molecular weight excluding hydrogens is 200 g/mol. The first-order chi connectivity index (χ1) is 7.56. The zero-order valence-electron chi connectivity index (χ0n) is 10.2. The van der Waals surface area contributed by atoms with Gasteiger partial charge in [-0.2, -0.15) is 0 Å². The molecule has 3 nitrogen and oxygen atoms in total. The van der Waals surface area contributed by atoms with Crippen molar-refractivity contribution in [1.29, 1.82) is 0 Å². The van der Waals surface area contributed by atoms with E-state index in [9.17, 15) is 4.79 Å². The molecule has 1 rings (SSSR count). The fourth-order valence-corrected chi connectivity index (χ4v) is 1.66. The summed E-state index contributed by atoms with van der Waals surface area (Å²) >= 11 is 0. The molecule has 0 saturated heterocycles. The molecule has 0 aliphatic rings. The summed E-state index contributed by atoms with van der Waals surface area (Å²) in [6.07, 6.45) is 0.659. The number of hydrogen-bond acceptors (Lipinski definition) is 2. The summed E-state index contributed by atoms with van der Waals surface area (Å²) in [5, 5.41) is 2.92. The highest BCUT2D eigenvalue weighted by molar-refractivity contribution is 5.81. The van der Waals surface area contributed by atoms with Crippen molar-refractivity contribution in [2.24, 2.45) is 5.73 Å². The normalized spacial score (nSPS) is 14.2. The monoisotopic (exact) mass is 220 g/mol. The van der Waals surface area contributed by atoms with Crippen molar-refractivity contribution in [2.75, 3.05) is 0 Å². The zero-order chi connectivity index (χ0) is 12.1. The quantitative estimate of drug-likeness (QED) is 0.814. The second-order valence-electron chi connectivity index (χ2n) is 4.10. The Kier molecular flexibility index (Phi) is 4.50. The van der Waals surface area contributed by atoms with Gasteiger partial charge >= 0.3 is 0 Å². The van der Waals surface area contributed by atoms with E-state index < -0.39 is 6.04 Å². The number of amides is 1. The van der Waals surface area contributed by atoms with E-state index in [2.05, 4.69) is 5.32 Å². The van der Waals surface area contributed by atoms with Gasteiger partial charge in [-0.25, -0.2) is 0 Å². The van der Waals surface area contributed by atoms with Crippen LogP contribution >= 0.6 is 0 Å². The third-order valence-electron chi connectivity index (χ3n) is 2.79. The Hall–Kier alpha value is -1.35. The Bertz CT molecular complexity index is 363. The van der Waals surface area contributed by atoms with Gasteiger partial charge in [0.15, 0.2) is 0 Å². The van der Waals surface area contributed by atoms with Gasteiger partial charge in [0, 0.05) is 0 Å². The lowest BCUT2D eigenvalue weighted by atomic mass is 10.0. The van der Waals surface area contributed by atoms with Gasteiger partial charge in [0.2, 0.25) is 5.91 Å². The Morgan fingerprint density at radius 1 is 1.44 bits per heavy atom. The molecule has 0 fully saturated rings. The van der Waals surface area contributed by atoms with Crippen LogP contribution in [0.4, 0.5) is 0 Å². The van der Waals surface area contributed by atoms with Crippen LogP contribution in [0.2, 0.25) is 0 Å². The van der Waals surface area contributed by atoms with Crippen molar-refractivity contribution in [3.8, 4) is 0 Å². The summed E-state index contributed by atoms with van der Waals surface area (Å²) in [6, 6.07) is 7.63. The van der Waals surface area contributed by atoms with E-state index in [1.807, 2.05) is 45.0 Å². The van der Waals surface area contributed by atoms with Crippen LogP contribution in [0.1, 0.15) is 37.4 Å². The first-order valence-electron chi connectivity index (χ1n) is 5.67. The van der Waals surface area contributed by atoms with Gasteiger partial charge in [-0.05, 0) is 31.4 Å². The molecule has 2 atom stereocenters. The van der Waals surface area contributed by atoms with E-state index in [-0.39, 0.29) is 11.9 Å². The first-order valence-corrected chi connectivity index (χ1v) is 5.67. The molecule has 0 aromatic heterocycles. The van der Waals surface area contributed by atoms with Crippen molar-refractivity contribution < 1.29 is 4.79 Å². The van der Waals surface area contributed by atoms with Crippen LogP contribution in [-0.2, 0) is 4.79 Å². The van der Waals surface area contributed by atoms with Crippen molar-refractivity contribution in [2.45, 2.75) is 39.3 Å². The predicted octanol–water partition coefficient (Wildman–Crippen LogP) is 1.91. The molecule has 0 saturated carbocycles. The number of nitrogens with two attached hydrogens (primary N) is 1. The summed E-state index contributed by atoms with van der Waals surface area (Å²) in [5.74, 6) is -0.0850. The topological polar surface area (TPSA) is 55.1 Å². The lowest BCUT2D eigenvalue weighted by molar-refractivity contribution is -0.123. The zero-order valence-corrected chi connectivity index (χ0v) is 10.2. The number of carbonyl (C=O) groups excluding carboxylic acids is 1. The molecule has 3 N–H and O–H groups in total. The lowest BCUT2D eigenvalue weighted by Crippen LogP contribution is -2.41. The maximum Gasteiger partial charge on any atom is 0.237 e. The molecule has 1 aromatic rings. The summed E-state index contributed by atoms with van der Waals surface area (Å²) in [5.41, 5.74) is 7.99. The standard InChI is InChI=1S/C13H20N2O/c1-4-12(14)13(16)15-10(3)11-8-6-5-7-9(11)2/h5-8,10,12H,4,14H2,1-3H3,(H,15,16)/t10-,12-/m1/s1. The predicted molar refractivity (Wildman–Crippen MR) is 66.0 cm³/mol. The minimum Gasteiger partial charge on any atom is -0.348 e. The SMILES string of the molecule is CC[C@@H](N)C(=O)N[C@H](C)c1ccccc1C. The second kappa shape index (κ2) is 5.66. The maximum atomic E-state index is 11.6.